The first-order chi connectivity index (χ1) is 8.58. The third kappa shape index (κ3) is 1.37. The van der Waals surface area contributed by atoms with Crippen LogP contribution in [0.1, 0.15) is 5.56 Å². The van der Waals surface area contributed by atoms with Crippen LogP contribution in [0.15, 0.2) is 36.4 Å². The van der Waals surface area contributed by atoms with E-state index in [1.165, 1.54) is 6.07 Å². The van der Waals surface area contributed by atoms with Crippen molar-refractivity contribution < 1.29 is 15.3 Å². The molecule has 0 aromatic heterocycles. The van der Waals surface area contributed by atoms with Gasteiger partial charge in [0.15, 0.2) is 11.5 Å². The predicted octanol–water partition coefficient (Wildman–Crippen LogP) is 3.42. The topological polar surface area (TPSA) is 60.7 Å². The second-order valence-electron chi connectivity index (χ2n) is 4.44. The van der Waals surface area contributed by atoms with E-state index in [0.717, 1.165) is 21.5 Å². The lowest BCUT2D eigenvalue weighted by atomic mass is 9.99. The van der Waals surface area contributed by atoms with Crippen LogP contribution in [0, 0.1) is 6.92 Å². The molecule has 0 aliphatic carbocycles. The van der Waals surface area contributed by atoms with E-state index in [1.807, 2.05) is 18.2 Å². The van der Waals surface area contributed by atoms with E-state index in [0.29, 0.717) is 5.56 Å². The van der Waals surface area contributed by atoms with E-state index in [9.17, 15) is 15.3 Å². The highest BCUT2D eigenvalue weighted by Gasteiger charge is 2.10. The van der Waals surface area contributed by atoms with Crippen LogP contribution in [0.4, 0.5) is 0 Å². The summed E-state index contributed by atoms with van der Waals surface area (Å²) in [5, 5.41) is 32.5. The van der Waals surface area contributed by atoms with Crippen LogP contribution in [0.25, 0.3) is 21.5 Å². The molecule has 0 heterocycles. The first-order valence-electron chi connectivity index (χ1n) is 5.65. The van der Waals surface area contributed by atoms with Gasteiger partial charge in [0.05, 0.1) is 0 Å². The van der Waals surface area contributed by atoms with Crippen LogP contribution in [0.5, 0.6) is 17.2 Å². The predicted molar refractivity (Wildman–Crippen MR) is 71.2 cm³/mol. The van der Waals surface area contributed by atoms with Crippen LogP contribution < -0.4 is 0 Å². The monoisotopic (exact) mass is 240 g/mol. The van der Waals surface area contributed by atoms with E-state index < -0.39 is 0 Å². The van der Waals surface area contributed by atoms with Gasteiger partial charge in [-0.3, -0.25) is 0 Å². The fraction of sp³-hybridized carbons (Fsp3) is 0.0667. The molecule has 90 valence electrons. The number of phenols is 3. The van der Waals surface area contributed by atoms with Crippen molar-refractivity contribution in [2.24, 2.45) is 0 Å². The van der Waals surface area contributed by atoms with Gasteiger partial charge in [-0.2, -0.15) is 0 Å². The van der Waals surface area contributed by atoms with Crippen molar-refractivity contribution in [3.63, 3.8) is 0 Å². The highest BCUT2D eigenvalue weighted by molar-refractivity contribution is 6.03. The molecular formula is C15H12O3. The molecule has 3 rings (SSSR count). The molecule has 3 aromatic carbocycles. The van der Waals surface area contributed by atoms with E-state index in [1.54, 1.807) is 19.1 Å². The molecule has 0 saturated heterocycles. The summed E-state index contributed by atoms with van der Waals surface area (Å²) in [6, 6.07) is 10.5. The molecule has 0 unspecified atom stereocenters. The summed E-state index contributed by atoms with van der Waals surface area (Å²) in [5.74, 6) is -0.0295. The molecule has 18 heavy (non-hydrogen) atoms. The molecule has 0 amide bonds. The Hall–Kier alpha value is -2.42. The van der Waals surface area contributed by atoms with Gasteiger partial charge in [-0.25, -0.2) is 0 Å². The third-order valence-corrected chi connectivity index (χ3v) is 3.32. The van der Waals surface area contributed by atoms with Crippen LogP contribution in [-0.2, 0) is 0 Å². The summed E-state index contributed by atoms with van der Waals surface area (Å²) in [6.07, 6.45) is 0. The van der Waals surface area contributed by atoms with Crippen molar-refractivity contribution in [2.45, 2.75) is 6.92 Å². The fourth-order valence-electron chi connectivity index (χ4n) is 2.31. The smallest absolute Gasteiger partial charge is 0.161 e. The highest BCUT2D eigenvalue weighted by Crippen LogP contribution is 2.38. The largest absolute Gasteiger partial charge is 0.507 e. The summed E-state index contributed by atoms with van der Waals surface area (Å²) in [4.78, 5) is 0. The first-order valence-corrected chi connectivity index (χ1v) is 5.65. The summed E-state index contributed by atoms with van der Waals surface area (Å²) >= 11 is 0. The van der Waals surface area contributed by atoms with Gasteiger partial charge in [0.2, 0.25) is 0 Å². The molecule has 0 bridgehead atoms. The fourth-order valence-corrected chi connectivity index (χ4v) is 2.31. The molecule has 0 fully saturated rings. The van der Waals surface area contributed by atoms with Gasteiger partial charge in [0.25, 0.3) is 0 Å². The van der Waals surface area contributed by atoms with Crippen molar-refractivity contribution in [3.8, 4) is 17.2 Å². The number of hydrogen-bond donors (Lipinski definition) is 3. The second kappa shape index (κ2) is 3.53. The quantitative estimate of drug-likeness (QED) is 0.417. The molecule has 0 atom stereocenters. The minimum atomic E-state index is -0.125. The van der Waals surface area contributed by atoms with Crippen LogP contribution in [0.3, 0.4) is 0 Å². The van der Waals surface area contributed by atoms with Gasteiger partial charge in [0, 0.05) is 10.9 Å². The van der Waals surface area contributed by atoms with Gasteiger partial charge >= 0.3 is 0 Å². The number of fused-ring (bicyclic) bond motifs is 2. The lowest BCUT2D eigenvalue weighted by molar-refractivity contribution is 0.402. The van der Waals surface area contributed by atoms with Crippen LogP contribution in [0.2, 0.25) is 0 Å². The zero-order valence-corrected chi connectivity index (χ0v) is 9.81. The average Bonchev–Trinajstić information content (AvgIpc) is 2.35. The van der Waals surface area contributed by atoms with Gasteiger partial charge in [0.1, 0.15) is 5.75 Å². The molecular weight excluding hydrogens is 228 g/mol. The maximum Gasteiger partial charge on any atom is 0.161 e. The SMILES string of the molecule is Cc1c(O)c(O)cc2cc3cccc(O)c3cc12. The summed E-state index contributed by atoms with van der Waals surface area (Å²) in [7, 11) is 0. The lowest BCUT2D eigenvalue weighted by Gasteiger charge is -2.09. The van der Waals surface area contributed by atoms with Crippen LogP contribution >= 0.6 is 0 Å². The molecule has 0 spiro atoms. The Morgan fingerprint density at radius 3 is 2.33 bits per heavy atom. The second-order valence-corrected chi connectivity index (χ2v) is 4.44. The summed E-state index contributed by atoms with van der Waals surface area (Å²) in [5.41, 5.74) is 0.607. The summed E-state index contributed by atoms with van der Waals surface area (Å²) < 4.78 is 0. The summed E-state index contributed by atoms with van der Waals surface area (Å²) in [6.45, 7) is 1.74. The third-order valence-electron chi connectivity index (χ3n) is 3.32. The van der Waals surface area contributed by atoms with E-state index in [-0.39, 0.29) is 17.2 Å². The molecule has 3 N–H and O–H groups in total. The Balaban J connectivity index is 2.54. The molecule has 0 saturated carbocycles. The van der Waals surface area contributed by atoms with Crippen molar-refractivity contribution in [1.29, 1.82) is 0 Å². The minimum absolute atomic E-state index is 0.114. The molecule has 3 heteroatoms. The average molecular weight is 240 g/mol. The number of phenolic OH excluding ortho intramolecular Hbond substituents is 3. The maximum absolute atomic E-state index is 9.83. The zero-order chi connectivity index (χ0) is 12.9. The van der Waals surface area contributed by atoms with Gasteiger partial charge in [-0.1, -0.05) is 12.1 Å². The Morgan fingerprint density at radius 1 is 0.778 bits per heavy atom. The number of hydrogen-bond acceptors (Lipinski definition) is 3. The number of aromatic hydroxyl groups is 3. The molecule has 0 radical (unpaired) electrons. The van der Waals surface area contributed by atoms with E-state index in [2.05, 4.69) is 0 Å². The van der Waals surface area contributed by atoms with Crippen molar-refractivity contribution in [2.75, 3.05) is 0 Å². The molecule has 0 aliphatic heterocycles. The van der Waals surface area contributed by atoms with Gasteiger partial charge in [-0.05, 0) is 47.3 Å². The van der Waals surface area contributed by atoms with E-state index in [4.69, 9.17) is 0 Å². The normalized spacial score (nSPS) is 11.2. The van der Waals surface area contributed by atoms with Gasteiger partial charge in [-0.15, -0.1) is 0 Å². The van der Waals surface area contributed by atoms with E-state index >= 15 is 0 Å². The molecule has 3 aromatic rings. The van der Waals surface area contributed by atoms with Crippen molar-refractivity contribution >= 4 is 21.5 Å². The molecule has 0 aliphatic rings. The number of aryl methyl sites for hydroxylation is 1. The maximum atomic E-state index is 9.83. The van der Waals surface area contributed by atoms with Crippen molar-refractivity contribution in [3.05, 3.63) is 42.0 Å². The highest BCUT2D eigenvalue weighted by atomic mass is 16.3. The Bertz CT molecular complexity index is 776. The number of benzene rings is 3. The Kier molecular flexibility index (Phi) is 2.10. The standard InChI is InChI=1S/C15H12O3/c1-8-11-7-12-9(3-2-4-13(12)16)5-10(11)6-14(17)15(8)18/h2-7,16-18H,1H3. The van der Waals surface area contributed by atoms with Gasteiger partial charge < -0.3 is 15.3 Å². The molecule has 3 nitrogen and oxygen atoms in total. The Labute approximate surface area is 104 Å². The zero-order valence-electron chi connectivity index (χ0n) is 9.81. The minimum Gasteiger partial charge on any atom is -0.507 e. The first kappa shape index (κ1) is 10.7. The lowest BCUT2D eigenvalue weighted by Crippen LogP contribution is -1.83. The Morgan fingerprint density at radius 2 is 1.56 bits per heavy atom. The van der Waals surface area contributed by atoms with Crippen molar-refractivity contribution in [1.82, 2.24) is 0 Å². The van der Waals surface area contributed by atoms with Crippen LogP contribution in [-0.4, -0.2) is 15.3 Å². The number of rotatable bonds is 0.